The molecule has 9 nitrogen and oxygen atoms in total. The molecule has 0 bridgehead atoms. The van der Waals surface area contributed by atoms with Crippen LogP contribution in [-0.4, -0.2) is 55.8 Å². The maximum atomic E-state index is 12.9. The van der Waals surface area contributed by atoms with Crippen LogP contribution in [0.5, 0.6) is 0 Å². The SMILES string of the molecule is C=CC(=O)Nc1ccc([C@](C)(O)Cn2c(C#N)cc3c(C)c(CN4CCC(Nc5ncnc6cc(CC(F)(F)F)ccc56)CC4)ccc32)cc1. The number of hydrogen-bond acceptors (Lipinski definition) is 7. The molecule has 258 valence electrons. The Morgan fingerprint density at radius 3 is 2.50 bits per heavy atom. The molecule has 1 aliphatic heterocycles. The molecule has 3 N–H and O–H groups in total. The van der Waals surface area contributed by atoms with Gasteiger partial charge in [0.25, 0.3) is 0 Å². The summed E-state index contributed by atoms with van der Waals surface area (Å²) in [5.74, 6) is 0.304. The highest BCUT2D eigenvalue weighted by Gasteiger charge is 2.29. The number of aryl methyl sites for hydroxylation is 1. The molecule has 1 atom stereocenters. The van der Waals surface area contributed by atoms with Crippen molar-refractivity contribution in [2.75, 3.05) is 23.7 Å². The molecule has 50 heavy (non-hydrogen) atoms. The van der Waals surface area contributed by atoms with Crippen molar-refractivity contribution in [2.24, 2.45) is 0 Å². The second-order valence-electron chi connectivity index (χ2n) is 13.1. The molecule has 2 aromatic heterocycles. The molecule has 0 unspecified atom stereocenters. The Morgan fingerprint density at radius 2 is 1.82 bits per heavy atom. The fourth-order valence-corrected chi connectivity index (χ4v) is 6.69. The van der Waals surface area contributed by atoms with E-state index in [4.69, 9.17) is 0 Å². The molecule has 1 saturated heterocycles. The van der Waals surface area contributed by atoms with Gasteiger partial charge in [-0.15, -0.1) is 0 Å². The third-order valence-corrected chi connectivity index (χ3v) is 9.43. The lowest BCUT2D eigenvalue weighted by molar-refractivity contribution is -0.127. The first-order valence-corrected chi connectivity index (χ1v) is 16.4. The number of likely N-dealkylation sites (tertiary alicyclic amines) is 1. The van der Waals surface area contributed by atoms with Crippen molar-refractivity contribution in [2.45, 2.75) is 64.0 Å². The molecule has 1 aliphatic rings. The van der Waals surface area contributed by atoms with Crippen molar-refractivity contribution < 1.29 is 23.1 Å². The number of aromatic nitrogens is 3. The van der Waals surface area contributed by atoms with Crippen LogP contribution in [0.4, 0.5) is 24.7 Å². The number of piperidine rings is 1. The Balaban J connectivity index is 1.11. The summed E-state index contributed by atoms with van der Waals surface area (Å²) in [6.07, 6.45) is -0.975. The summed E-state index contributed by atoms with van der Waals surface area (Å²) in [6, 6.07) is 20.0. The highest BCUT2D eigenvalue weighted by molar-refractivity contribution is 5.98. The molecule has 5 aromatic rings. The van der Waals surface area contributed by atoms with Crippen LogP contribution in [0.15, 0.2) is 79.6 Å². The van der Waals surface area contributed by atoms with Crippen molar-refractivity contribution in [1.29, 1.82) is 5.26 Å². The number of anilines is 2. The monoisotopic (exact) mass is 681 g/mol. The molecule has 0 spiro atoms. The second-order valence-corrected chi connectivity index (χ2v) is 13.1. The minimum absolute atomic E-state index is 0.157. The zero-order valence-corrected chi connectivity index (χ0v) is 27.9. The Labute approximate surface area is 288 Å². The van der Waals surface area contributed by atoms with Crippen LogP contribution in [0.3, 0.4) is 0 Å². The van der Waals surface area contributed by atoms with Gasteiger partial charge in [-0.1, -0.05) is 30.8 Å². The first-order chi connectivity index (χ1) is 23.8. The van der Waals surface area contributed by atoms with E-state index in [2.05, 4.69) is 51.1 Å². The number of nitrogens with one attached hydrogen (secondary N) is 2. The number of carbonyl (C=O) groups excluding carboxylic acids is 1. The Kier molecular flexibility index (Phi) is 9.64. The quantitative estimate of drug-likeness (QED) is 0.136. The van der Waals surface area contributed by atoms with Gasteiger partial charge in [-0.05, 0) is 91.4 Å². The molecular formula is C38H38F3N7O2. The number of halogens is 3. The molecule has 1 amide bonds. The molecule has 3 heterocycles. The van der Waals surface area contributed by atoms with Crippen molar-refractivity contribution in [1.82, 2.24) is 19.4 Å². The van der Waals surface area contributed by atoms with Crippen LogP contribution in [0.1, 0.15) is 47.7 Å². The Morgan fingerprint density at radius 1 is 1.08 bits per heavy atom. The molecule has 0 saturated carbocycles. The van der Waals surface area contributed by atoms with E-state index in [9.17, 15) is 28.3 Å². The summed E-state index contributed by atoms with van der Waals surface area (Å²) in [6.45, 7) is 9.82. The summed E-state index contributed by atoms with van der Waals surface area (Å²) in [5.41, 5.74) is 4.15. The lowest BCUT2D eigenvalue weighted by atomic mass is 9.95. The summed E-state index contributed by atoms with van der Waals surface area (Å²) < 4.78 is 40.5. The maximum Gasteiger partial charge on any atom is 0.393 e. The van der Waals surface area contributed by atoms with Crippen molar-refractivity contribution in [3.05, 3.63) is 108 Å². The third-order valence-electron chi connectivity index (χ3n) is 9.43. The standard InChI is InChI=1S/C38H38F3N7O2/c1-4-35(49)45-28-9-7-27(8-10-28)37(3,50)22-48-30(20-42)18-32-24(2)26(6-12-34(32)48)21-47-15-13-29(14-16-47)46-36-31-11-5-25(19-38(39,40)41)17-33(31)43-23-44-36/h4-12,17-18,23,29,50H,1,13-16,19,21-22H2,2-3H3,(H,45,49)(H,43,44,46)/t37-/m1/s1. The largest absolute Gasteiger partial charge is 0.393 e. The second kappa shape index (κ2) is 13.9. The van der Waals surface area contributed by atoms with Crippen molar-refractivity contribution in [3.63, 3.8) is 0 Å². The number of amides is 1. The highest BCUT2D eigenvalue weighted by atomic mass is 19.4. The van der Waals surface area contributed by atoms with Crippen LogP contribution in [0.2, 0.25) is 0 Å². The van der Waals surface area contributed by atoms with Gasteiger partial charge >= 0.3 is 6.18 Å². The number of carbonyl (C=O) groups is 1. The van der Waals surface area contributed by atoms with Crippen LogP contribution in [-0.2, 0) is 29.9 Å². The highest BCUT2D eigenvalue weighted by Crippen LogP contribution is 2.32. The van der Waals surface area contributed by atoms with E-state index in [1.807, 2.05) is 16.7 Å². The molecular weight excluding hydrogens is 643 g/mol. The van der Waals surface area contributed by atoms with Gasteiger partial charge in [-0.25, -0.2) is 9.97 Å². The molecule has 6 rings (SSSR count). The first-order valence-electron chi connectivity index (χ1n) is 16.4. The van der Waals surface area contributed by atoms with Crippen molar-refractivity contribution in [3.8, 4) is 6.07 Å². The van der Waals surface area contributed by atoms with E-state index in [0.717, 1.165) is 54.5 Å². The summed E-state index contributed by atoms with van der Waals surface area (Å²) in [4.78, 5) is 22.6. The van der Waals surface area contributed by atoms with Gasteiger partial charge in [0.15, 0.2) is 0 Å². The Bertz CT molecular complexity index is 2090. The summed E-state index contributed by atoms with van der Waals surface area (Å²) >= 11 is 0. The number of nitrogens with zero attached hydrogens (tertiary/aromatic N) is 5. The minimum atomic E-state index is -4.28. The zero-order valence-electron chi connectivity index (χ0n) is 27.9. The maximum absolute atomic E-state index is 12.9. The fourth-order valence-electron chi connectivity index (χ4n) is 6.69. The number of hydrogen-bond donors (Lipinski definition) is 3. The molecule has 1 fully saturated rings. The minimum Gasteiger partial charge on any atom is -0.384 e. The average Bonchev–Trinajstić information content (AvgIpc) is 3.43. The normalized spacial score (nSPS) is 15.5. The first kappa shape index (κ1) is 34.6. The Hall–Kier alpha value is -5.25. The average molecular weight is 682 g/mol. The summed E-state index contributed by atoms with van der Waals surface area (Å²) in [5, 5.41) is 29.4. The number of nitriles is 1. The van der Waals surface area contributed by atoms with Crippen LogP contribution >= 0.6 is 0 Å². The predicted molar refractivity (Wildman–Crippen MR) is 187 cm³/mol. The van der Waals surface area contributed by atoms with E-state index in [-0.39, 0.29) is 24.1 Å². The van der Waals surface area contributed by atoms with E-state index in [0.29, 0.717) is 33.7 Å². The smallest absolute Gasteiger partial charge is 0.384 e. The molecule has 0 aliphatic carbocycles. The fraction of sp³-hybridized carbons (Fsp3) is 0.316. The van der Waals surface area contributed by atoms with E-state index in [1.165, 1.54) is 24.5 Å². The lowest BCUT2D eigenvalue weighted by Crippen LogP contribution is -2.39. The molecule has 12 heteroatoms. The van der Waals surface area contributed by atoms with Crippen molar-refractivity contribution >= 4 is 39.2 Å². The number of aliphatic hydroxyl groups is 1. The van der Waals surface area contributed by atoms with E-state index >= 15 is 0 Å². The topological polar surface area (TPSA) is 119 Å². The summed E-state index contributed by atoms with van der Waals surface area (Å²) in [7, 11) is 0. The lowest BCUT2D eigenvalue weighted by Gasteiger charge is -2.33. The van der Waals surface area contributed by atoms with Crippen LogP contribution in [0, 0.1) is 18.3 Å². The van der Waals surface area contributed by atoms with Gasteiger partial charge in [0.05, 0.1) is 18.5 Å². The number of benzene rings is 3. The van der Waals surface area contributed by atoms with Gasteiger partial charge < -0.3 is 20.3 Å². The number of alkyl halides is 3. The number of rotatable bonds is 10. The van der Waals surface area contributed by atoms with E-state index in [1.54, 1.807) is 37.3 Å². The predicted octanol–water partition coefficient (Wildman–Crippen LogP) is 6.98. The van der Waals surface area contributed by atoms with Gasteiger partial charge in [0.1, 0.15) is 29.5 Å². The van der Waals surface area contributed by atoms with E-state index < -0.39 is 18.2 Å². The number of fused-ring (bicyclic) bond motifs is 2. The molecule has 0 radical (unpaired) electrons. The van der Waals surface area contributed by atoms with Crippen LogP contribution < -0.4 is 10.6 Å². The van der Waals surface area contributed by atoms with Crippen LogP contribution in [0.25, 0.3) is 21.8 Å². The van der Waals surface area contributed by atoms with Gasteiger partial charge in [-0.3, -0.25) is 9.69 Å². The van der Waals surface area contributed by atoms with Gasteiger partial charge in [0, 0.05) is 47.7 Å². The van der Waals surface area contributed by atoms with Gasteiger partial charge in [0.2, 0.25) is 5.91 Å². The zero-order chi connectivity index (χ0) is 35.6. The third kappa shape index (κ3) is 7.64. The molecule has 3 aromatic carbocycles. The van der Waals surface area contributed by atoms with Gasteiger partial charge in [-0.2, -0.15) is 18.4 Å².